The van der Waals surface area contributed by atoms with Crippen molar-refractivity contribution in [2.45, 2.75) is 59.4 Å². The standard InChI is InChI=1S/C22H35N7O/c1-16-11-17(2)29(27-16)10-6-9-24-22(23-5)26-13-20-7-8-21(25-12-20)28-14-18(3)30-19(4)15-28/h7-8,11-12,18-19H,6,9-10,13-15H2,1-5H3,(H2,23,24,26). The summed E-state index contributed by atoms with van der Waals surface area (Å²) in [5, 5.41) is 11.2. The number of ether oxygens (including phenoxy) is 1. The van der Waals surface area contributed by atoms with Gasteiger partial charge in [0.2, 0.25) is 0 Å². The second-order valence-corrected chi connectivity index (χ2v) is 8.04. The first-order valence-corrected chi connectivity index (χ1v) is 10.8. The molecule has 30 heavy (non-hydrogen) atoms. The summed E-state index contributed by atoms with van der Waals surface area (Å²) in [6.45, 7) is 12.5. The van der Waals surface area contributed by atoms with Gasteiger partial charge in [0, 0.05) is 51.7 Å². The lowest BCUT2D eigenvalue weighted by Crippen LogP contribution is -2.45. The van der Waals surface area contributed by atoms with Gasteiger partial charge >= 0.3 is 0 Å². The van der Waals surface area contributed by atoms with E-state index in [1.54, 1.807) is 7.05 Å². The predicted molar refractivity (Wildman–Crippen MR) is 121 cm³/mol. The van der Waals surface area contributed by atoms with Gasteiger partial charge in [0.15, 0.2) is 5.96 Å². The molecule has 8 nitrogen and oxygen atoms in total. The Morgan fingerprint density at radius 2 is 1.97 bits per heavy atom. The molecule has 3 heterocycles. The van der Waals surface area contributed by atoms with Crippen molar-refractivity contribution in [2.24, 2.45) is 4.99 Å². The van der Waals surface area contributed by atoms with Crippen LogP contribution in [-0.4, -0.2) is 59.6 Å². The molecule has 164 valence electrons. The van der Waals surface area contributed by atoms with Crippen molar-refractivity contribution in [1.29, 1.82) is 0 Å². The number of hydrogen-bond donors (Lipinski definition) is 2. The molecule has 2 atom stereocenters. The van der Waals surface area contributed by atoms with E-state index in [-0.39, 0.29) is 12.2 Å². The molecule has 3 rings (SSSR count). The molecule has 0 aromatic carbocycles. The van der Waals surface area contributed by atoms with Crippen molar-refractivity contribution in [2.75, 3.05) is 31.6 Å². The SMILES string of the molecule is CN=C(NCCCn1nc(C)cc1C)NCc1ccc(N2CC(C)OC(C)C2)nc1. The van der Waals surface area contributed by atoms with Gasteiger partial charge in [0.05, 0.1) is 17.9 Å². The highest BCUT2D eigenvalue weighted by atomic mass is 16.5. The number of anilines is 1. The average Bonchev–Trinajstić information content (AvgIpc) is 3.04. The molecule has 1 aliphatic heterocycles. The van der Waals surface area contributed by atoms with Gasteiger partial charge in [-0.3, -0.25) is 9.67 Å². The summed E-state index contributed by atoms with van der Waals surface area (Å²) in [4.78, 5) is 11.3. The van der Waals surface area contributed by atoms with Crippen LogP contribution in [0.15, 0.2) is 29.4 Å². The normalized spacial score (nSPS) is 19.8. The zero-order chi connectivity index (χ0) is 21.5. The van der Waals surface area contributed by atoms with Crippen LogP contribution in [0.4, 0.5) is 5.82 Å². The number of nitrogens with zero attached hydrogens (tertiary/aromatic N) is 5. The first-order valence-electron chi connectivity index (χ1n) is 10.8. The number of pyridine rings is 1. The zero-order valence-corrected chi connectivity index (χ0v) is 18.9. The molecule has 0 spiro atoms. The van der Waals surface area contributed by atoms with Crippen LogP contribution in [0.2, 0.25) is 0 Å². The topological polar surface area (TPSA) is 79.6 Å². The van der Waals surface area contributed by atoms with Crippen molar-refractivity contribution in [3.05, 3.63) is 41.3 Å². The minimum absolute atomic E-state index is 0.229. The summed E-state index contributed by atoms with van der Waals surface area (Å²) in [5.74, 6) is 1.80. The summed E-state index contributed by atoms with van der Waals surface area (Å²) in [7, 11) is 1.79. The molecule has 1 saturated heterocycles. The Bertz CT molecular complexity index is 821. The Balaban J connectivity index is 1.41. The number of morpholine rings is 1. The van der Waals surface area contributed by atoms with Crippen LogP contribution in [-0.2, 0) is 17.8 Å². The molecule has 0 radical (unpaired) electrons. The van der Waals surface area contributed by atoms with E-state index in [2.05, 4.69) is 74.3 Å². The first-order chi connectivity index (χ1) is 14.4. The van der Waals surface area contributed by atoms with Gasteiger partial charge in [-0.25, -0.2) is 4.98 Å². The van der Waals surface area contributed by atoms with E-state index in [0.717, 1.165) is 55.6 Å². The molecule has 1 aliphatic rings. The highest BCUT2D eigenvalue weighted by Gasteiger charge is 2.22. The molecule has 2 aromatic heterocycles. The van der Waals surface area contributed by atoms with E-state index in [1.165, 1.54) is 5.69 Å². The van der Waals surface area contributed by atoms with Crippen LogP contribution in [0.5, 0.6) is 0 Å². The second kappa shape index (κ2) is 10.4. The summed E-state index contributed by atoms with van der Waals surface area (Å²) in [6, 6.07) is 6.32. The summed E-state index contributed by atoms with van der Waals surface area (Å²) < 4.78 is 7.86. The van der Waals surface area contributed by atoms with E-state index in [1.807, 2.05) is 13.1 Å². The Morgan fingerprint density at radius 3 is 2.57 bits per heavy atom. The van der Waals surface area contributed by atoms with Crippen LogP contribution in [0.1, 0.15) is 37.2 Å². The molecular formula is C22H35N7O. The Labute approximate surface area is 179 Å². The maximum atomic E-state index is 5.81. The van der Waals surface area contributed by atoms with Crippen molar-refractivity contribution in [1.82, 2.24) is 25.4 Å². The van der Waals surface area contributed by atoms with Crippen LogP contribution < -0.4 is 15.5 Å². The average molecular weight is 414 g/mol. The largest absolute Gasteiger partial charge is 0.372 e. The molecular weight excluding hydrogens is 378 g/mol. The van der Waals surface area contributed by atoms with Gasteiger partial charge in [-0.2, -0.15) is 5.10 Å². The molecule has 2 aromatic rings. The van der Waals surface area contributed by atoms with Gasteiger partial charge in [0.1, 0.15) is 5.82 Å². The lowest BCUT2D eigenvalue weighted by atomic mass is 10.2. The smallest absolute Gasteiger partial charge is 0.191 e. The summed E-state index contributed by atoms with van der Waals surface area (Å²) >= 11 is 0. The van der Waals surface area contributed by atoms with Gasteiger partial charge in [-0.1, -0.05) is 6.07 Å². The highest BCUT2D eigenvalue weighted by Crippen LogP contribution is 2.18. The molecule has 0 amide bonds. The van der Waals surface area contributed by atoms with Crippen molar-refractivity contribution in [3.63, 3.8) is 0 Å². The van der Waals surface area contributed by atoms with Crippen molar-refractivity contribution in [3.8, 4) is 0 Å². The molecule has 8 heteroatoms. The summed E-state index contributed by atoms with van der Waals surface area (Å²) in [5.41, 5.74) is 3.39. The predicted octanol–water partition coefficient (Wildman–Crippen LogP) is 2.26. The third-order valence-electron chi connectivity index (χ3n) is 5.18. The highest BCUT2D eigenvalue weighted by molar-refractivity contribution is 5.79. The number of guanidine groups is 1. The van der Waals surface area contributed by atoms with Gasteiger partial charge in [0.25, 0.3) is 0 Å². The van der Waals surface area contributed by atoms with Crippen LogP contribution in [0.25, 0.3) is 0 Å². The molecule has 2 unspecified atom stereocenters. The van der Waals surface area contributed by atoms with Crippen molar-refractivity contribution >= 4 is 11.8 Å². The maximum absolute atomic E-state index is 5.81. The molecule has 0 bridgehead atoms. The van der Waals surface area contributed by atoms with Gasteiger partial charge in [-0.15, -0.1) is 0 Å². The van der Waals surface area contributed by atoms with Gasteiger partial charge < -0.3 is 20.3 Å². The Morgan fingerprint density at radius 1 is 1.20 bits per heavy atom. The lowest BCUT2D eigenvalue weighted by molar-refractivity contribution is -0.00545. The zero-order valence-electron chi connectivity index (χ0n) is 18.9. The third kappa shape index (κ3) is 6.19. The van der Waals surface area contributed by atoms with Crippen LogP contribution >= 0.6 is 0 Å². The van der Waals surface area contributed by atoms with Crippen LogP contribution in [0, 0.1) is 13.8 Å². The fourth-order valence-corrected chi connectivity index (χ4v) is 3.82. The fourth-order valence-electron chi connectivity index (χ4n) is 3.82. The van der Waals surface area contributed by atoms with E-state index in [0.29, 0.717) is 6.54 Å². The summed E-state index contributed by atoms with van der Waals surface area (Å²) in [6.07, 6.45) is 3.37. The molecule has 0 aliphatic carbocycles. The Hall–Kier alpha value is -2.61. The number of aryl methyl sites for hydroxylation is 3. The quantitative estimate of drug-likeness (QED) is 0.412. The third-order valence-corrected chi connectivity index (χ3v) is 5.18. The minimum atomic E-state index is 0.229. The first kappa shape index (κ1) is 22.1. The second-order valence-electron chi connectivity index (χ2n) is 8.04. The van der Waals surface area contributed by atoms with Gasteiger partial charge in [-0.05, 0) is 51.8 Å². The number of aromatic nitrogens is 3. The van der Waals surface area contributed by atoms with Crippen LogP contribution in [0.3, 0.4) is 0 Å². The molecule has 2 N–H and O–H groups in total. The van der Waals surface area contributed by atoms with E-state index in [4.69, 9.17) is 4.74 Å². The number of hydrogen-bond acceptors (Lipinski definition) is 5. The number of nitrogens with one attached hydrogen (secondary N) is 2. The minimum Gasteiger partial charge on any atom is -0.372 e. The monoisotopic (exact) mass is 413 g/mol. The van der Waals surface area contributed by atoms with E-state index >= 15 is 0 Å². The molecule has 0 saturated carbocycles. The van der Waals surface area contributed by atoms with Crippen molar-refractivity contribution < 1.29 is 4.74 Å². The molecule has 1 fully saturated rings. The van der Waals surface area contributed by atoms with E-state index < -0.39 is 0 Å². The fraction of sp³-hybridized carbons (Fsp3) is 0.591. The lowest BCUT2D eigenvalue weighted by Gasteiger charge is -2.36. The Kier molecular flexibility index (Phi) is 7.68. The number of rotatable bonds is 7. The number of aliphatic imine (C=N–C) groups is 1. The van der Waals surface area contributed by atoms with E-state index in [9.17, 15) is 0 Å². The maximum Gasteiger partial charge on any atom is 0.191 e.